The molecular weight excluding hydrogens is 879 g/mol. The number of amides is 2. The Morgan fingerprint density at radius 3 is 1.46 bits per heavy atom. The molecule has 0 radical (unpaired) electrons. The maximum Gasteiger partial charge on any atom is 0.408 e. The van der Waals surface area contributed by atoms with E-state index in [4.69, 9.17) is 34.7 Å². The number of rotatable bonds is 11. The molecule has 2 atom stereocenters. The molecule has 2 N–H and O–H groups in total. The fraction of sp³-hybridized carbons (Fsp3) is 0.405. The van der Waals surface area contributed by atoms with E-state index in [1.165, 1.54) is 31.7 Å². The van der Waals surface area contributed by atoms with Crippen molar-refractivity contribution in [2.75, 3.05) is 6.61 Å². The number of esters is 2. The molecule has 6 aromatic rings. The fourth-order valence-electron chi connectivity index (χ4n) is 5.41. The van der Waals surface area contributed by atoms with Gasteiger partial charge in [0.1, 0.15) is 47.1 Å². The average Bonchev–Trinajstić information content (AvgIpc) is 4.03. The Labute approximate surface area is 381 Å². The van der Waals surface area contributed by atoms with Crippen molar-refractivity contribution in [3.63, 3.8) is 0 Å². The van der Waals surface area contributed by atoms with Crippen molar-refractivity contribution in [1.29, 1.82) is 15.8 Å². The standard InChI is InChI=1S/C22H26N6O4S.C20H19N7O4S/c1-21(2,3)31-19(29)15(26-20(30)32-22(4,5)6)8-18-25-16(12-33-18)13-10-24-17-7-14(9-23)27-28(17)11-13;1-20(2,3)31-19(29)25-14(18(28)30-5-4-21)7-17-24-15(11-32-17)12-9-23-16-6-13(8-22)26-27(16)10-12/h7,10-12,15H,8H2,1-6H3,(H,26,30);6,9-11,14H,5,7H2,1-3H3,(H,25,29)/t15-;14-/m00/s1. The van der Waals surface area contributed by atoms with Gasteiger partial charge >= 0.3 is 24.1 Å². The smallest absolute Gasteiger partial charge is 0.408 e. The van der Waals surface area contributed by atoms with Gasteiger partial charge in [0.15, 0.2) is 29.3 Å². The predicted molar refractivity (Wildman–Crippen MR) is 234 cm³/mol. The molecule has 0 aliphatic carbocycles. The molecule has 0 unspecified atom stereocenters. The summed E-state index contributed by atoms with van der Waals surface area (Å²) in [6, 6.07) is 6.77. The molecule has 0 aliphatic rings. The lowest BCUT2D eigenvalue weighted by Crippen LogP contribution is -2.47. The number of hydrogen-bond donors (Lipinski definition) is 2. The zero-order valence-corrected chi connectivity index (χ0v) is 38.5. The van der Waals surface area contributed by atoms with E-state index in [0.29, 0.717) is 43.8 Å². The number of fused-ring (bicyclic) bond motifs is 2. The van der Waals surface area contributed by atoms with E-state index in [9.17, 15) is 19.2 Å². The molecule has 0 bridgehead atoms. The summed E-state index contributed by atoms with van der Waals surface area (Å²) in [6.45, 7) is 15.2. The van der Waals surface area contributed by atoms with Crippen LogP contribution >= 0.6 is 22.7 Å². The molecule has 6 rings (SSSR count). The second kappa shape index (κ2) is 20.3. The van der Waals surface area contributed by atoms with Gasteiger partial charge in [-0.15, -0.1) is 22.7 Å². The van der Waals surface area contributed by atoms with Gasteiger partial charge in [-0.2, -0.15) is 26.0 Å². The molecule has 0 saturated heterocycles. The highest BCUT2D eigenvalue weighted by Crippen LogP contribution is 2.25. The number of nitrogens with one attached hydrogen (secondary N) is 2. The van der Waals surface area contributed by atoms with Crippen LogP contribution in [0.3, 0.4) is 0 Å². The molecule has 23 heteroatoms. The number of nitriles is 3. The summed E-state index contributed by atoms with van der Waals surface area (Å²) in [5.41, 5.74) is 2.03. The third kappa shape index (κ3) is 14.5. The maximum atomic E-state index is 12.8. The van der Waals surface area contributed by atoms with Crippen LogP contribution in [0.2, 0.25) is 0 Å². The highest BCUT2D eigenvalue weighted by atomic mass is 32.1. The largest absolute Gasteiger partial charge is 0.458 e. The van der Waals surface area contributed by atoms with E-state index in [2.05, 4.69) is 40.8 Å². The number of nitrogens with zero attached hydrogens (tertiary/aromatic N) is 11. The molecule has 65 heavy (non-hydrogen) atoms. The van der Waals surface area contributed by atoms with E-state index in [0.717, 1.165) is 0 Å². The van der Waals surface area contributed by atoms with E-state index in [1.807, 2.05) is 17.5 Å². The number of alkyl carbamates (subject to hydrolysis) is 2. The summed E-state index contributed by atoms with van der Waals surface area (Å²) < 4.78 is 23.8. The first kappa shape index (κ1) is 48.5. The predicted octanol–water partition coefficient (Wildman–Crippen LogP) is 5.73. The van der Waals surface area contributed by atoms with Gasteiger partial charge in [-0.25, -0.2) is 48.1 Å². The van der Waals surface area contributed by atoms with Crippen LogP contribution in [-0.2, 0) is 41.4 Å². The number of aromatic nitrogens is 8. The minimum absolute atomic E-state index is 0.0458. The van der Waals surface area contributed by atoms with Crippen molar-refractivity contribution >= 4 is 58.1 Å². The van der Waals surface area contributed by atoms with Crippen molar-refractivity contribution in [3.8, 4) is 40.7 Å². The van der Waals surface area contributed by atoms with Crippen LogP contribution in [0.1, 0.15) is 83.7 Å². The Hall–Kier alpha value is -7.55. The molecule has 0 saturated carbocycles. The first-order valence-electron chi connectivity index (χ1n) is 19.7. The second-order valence-electron chi connectivity index (χ2n) is 16.9. The van der Waals surface area contributed by atoms with Crippen molar-refractivity contribution in [2.45, 2.75) is 104 Å². The van der Waals surface area contributed by atoms with E-state index < -0.39 is 59.6 Å². The topological polar surface area (TPSA) is 287 Å². The lowest BCUT2D eigenvalue weighted by Gasteiger charge is -2.26. The number of hydrogen-bond acceptors (Lipinski definition) is 19. The number of thiazole rings is 2. The summed E-state index contributed by atoms with van der Waals surface area (Å²) >= 11 is 2.63. The zero-order valence-electron chi connectivity index (χ0n) is 36.9. The van der Waals surface area contributed by atoms with Crippen molar-refractivity contribution in [1.82, 2.24) is 49.8 Å². The summed E-state index contributed by atoms with van der Waals surface area (Å²) in [7, 11) is 0. The molecule has 0 aliphatic heterocycles. The Balaban J connectivity index is 0.000000244. The van der Waals surface area contributed by atoms with Crippen LogP contribution in [0.15, 0.2) is 47.7 Å². The summed E-state index contributed by atoms with van der Waals surface area (Å²) in [6.07, 6.45) is 5.35. The van der Waals surface area contributed by atoms with Gasteiger partial charge in [-0.3, -0.25) is 0 Å². The Morgan fingerprint density at radius 2 is 1.08 bits per heavy atom. The van der Waals surface area contributed by atoms with Crippen LogP contribution in [0.5, 0.6) is 0 Å². The van der Waals surface area contributed by atoms with Crippen LogP contribution in [-0.4, -0.2) is 98.8 Å². The Bertz CT molecular complexity index is 2820. The van der Waals surface area contributed by atoms with Gasteiger partial charge in [0, 0.05) is 71.6 Å². The summed E-state index contributed by atoms with van der Waals surface area (Å²) in [5, 5.41) is 44.7. The molecule has 21 nitrogen and oxygen atoms in total. The highest BCUT2D eigenvalue weighted by Gasteiger charge is 2.31. The summed E-state index contributed by atoms with van der Waals surface area (Å²) in [5.74, 6) is -1.34. The van der Waals surface area contributed by atoms with Crippen LogP contribution in [0.25, 0.3) is 33.8 Å². The van der Waals surface area contributed by atoms with E-state index in [1.54, 1.807) is 111 Å². The molecule has 2 amide bonds. The molecule has 0 aromatic carbocycles. The number of carbonyl (C=O) groups excluding carboxylic acids is 4. The third-order valence-electron chi connectivity index (χ3n) is 7.94. The minimum Gasteiger partial charge on any atom is -0.458 e. The lowest BCUT2D eigenvalue weighted by molar-refractivity contribution is -0.157. The van der Waals surface area contributed by atoms with Crippen LogP contribution < -0.4 is 10.6 Å². The molecular formula is C42H45N13O8S2. The SMILES string of the molecule is CC(C)(C)OC(=O)N[C@@H](Cc1nc(-c2cnc3cc(C#N)nn3c2)cs1)C(=O)OC(C)(C)C.CC(C)(C)OC(=O)N[C@@H](Cc1nc(-c2cnc3cc(C#N)nn3c2)cs1)C(=O)OCC#N. The van der Waals surface area contributed by atoms with Crippen molar-refractivity contribution in [3.05, 3.63) is 69.1 Å². The van der Waals surface area contributed by atoms with E-state index in [-0.39, 0.29) is 24.2 Å². The van der Waals surface area contributed by atoms with Gasteiger partial charge in [0.25, 0.3) is 0 Å². The van der Waals surface area contributed by atoms with Crippen LogP contribution in [0.4, 0.5) is 9.59 Å². The molecule has 0 spiro atoms. The minimum atomic E-state index is -1.08. The quantitative estimate of drug-likeness (QED) is 0.116. The Kier molecular flexibility index (Phi) is 15.1. The normalized spacial score (nSPS) is 12.3. The van der Waals surface area contributed by atoms with Gasteiger partial charge in [0.05, 0.1) is 21.4 Å². The lowest BCUT2D eigenvalue weighted by atomic mass is 10.1. The maximum absolute atomic E-state index is 12.8. The number of ether oxygens (including phenoxy) is 4. The van der Waals surface area contributed by atoms with Gasteiger partial charge in [-0.1, -0.05) is 0 Å². The molecule has 6 heterocycles. The van der Waals surface area contributed by atoms with Crippen LogP contribution in [0, 0.1) is 34.0 Å². The summed E-state index contributed by atoms with van der Waals surface area (Å²) in [4.78, 5) is 67.2. The average molecular weight is 924 g/mol. The zero-order chi connectivity index (χ0) is 47.7. The molecule has 0 fully saturated rings. The Morgan fingerprint density at radius 1 is 0.662 bits per heavy atom. The van der Waals surface area contributed by atoms with Gasteiger partial charge in [0.2, 0.25) is 0 Å². The van der Waals surface area contributed by atoms with Gasteiger partial charge < -0.3 is 29.6 Å². The molecule has 338 valence electrons. The highest BCUT2D eigenvalue weighted by molar-refractivity contribution is 7.10. The van der Waals surface area contributed by atoms with Crippen molar-refractivity contribution < 1.29 is 38.1 Å². The van der Waals surface area contributed by atoms with Gasteiger partial charge in [-0.05, 0) is 62.3 Å². The monoisotopic (exact) mass is 923 g/mol. The first-order valence-corrected chi connectivity index (χ1v) is 21.4. The third-order valence-corrected chi connectivity index (χ3v) is 9.69. The fourth-order valence-corrected chi connectivity index (χ4v) is 7.11. The molecule has 6 aromatic heterocycles. The van der Waals surface area contributed by atoms with Crippen molar-refractivity contribution in [2.24, 2.45) is 0 Å². The first-order chi connectivity index (χ1) is 30.5. The van der Waals surface area contributed by atoms with E-state index >= 15 is 0 Å². The number of carbonyl (C=O) groups is 4. The second-order valence-corrected chi connectivity index (χ2v) is 18.8.